The van der Waals surface area contributed by atoms with Crippen molar-refractivity contribution in [1.82, 2.24) is 15.0 Å². The van der Waals surface area contributed by atoms with Gasteiger partial charge in [0.2, 0.25) is 10.0 Å². The van der Waals surface area contributed by atoms with Crippen molar-refractivity contribution in [1.29, 1.82) is 0 Å². The van der Waals surface area contributed by atoms with Crippen molar-refractivity contribution < 1.29 is 8.42 Å². The number of aryl methyl sites for hydroxylation is 1. The lowest BCUT2D eigenvalue weighted by atomic mass is 10.2. The summed E-state index contributed by atoms with van der Waals surface area (Å²) in [5, 5.41) is 2.99. The summed E-state index contributed by atoms with van der Waals surface area (Å²) in [6, 6.07) is 3.09. The van der Waals surface area contributed by atoms with Gasteiger partial charge in [0.05, 0.1) is 0 Å². The Kier molecular flexibility index (Phi) is 7.85. The van der Waals surface area contributed by atoms with Crippen molar-refractivity contribution in [3.8, 4) is 0 Å². The Morgan fingerprint density at radius 2 is 2.00 bits per heavy atom. The van der Waals surface area contributed by atoms with Crippen LogP contribution in [0.25, 0.3) is 0 Å². The average molecular weight is 328 g/mol. The molecule has 1 aromatic heterocycles. The Hall–Kier alpha value is -0.400. The number of hydrogen-bond acceptors (Lipinski definition) is 4. The highest BCUT2D eigenvalue weighted by Crippen LogP contribution is 2.19. The summed E-state index contributed by atoms with van der Waals surface area (Å²) in [5.41, 5.74) is 0.683. The first-order chi connectivity index (χ1) is 8.36. The van der Waals surface area contributed by atoms with Crippen LogP contribution in [0.1, 0.15) is 12.6 Å². The predicted octanol–water partition coefficient (Wildman–Crippen LogP) is 1.60. The quantitative estimate of drug-likeness (QED) is 0.778. The van der Waals surface area contributed by atoms with Crippen LogP contribution in [0.15, 0.2) is 17.0 Å². The van der Waals surface area contributed by atoms with Gasteiger partial charge in [-0.1, -0.05) is 18.5 Å². The fraction of sp³-hybridized carbons (Fsp3) is 0.545. The Labute approximate surface area is 125 Å². The number of rotatable bonds is 6. The van der Waals surface area contributed by atoms with Gasteiger partial charge in [0.1, 0.15) is 10.0 Å². The number of nitrogens with zero attached hydrogens (tertiary/aromatic N) is 1. The van der Waals surface area contributed by atoms with Crippen molar-refractivity contribution in [3.63, 3.8) is 0 Å². The van der Waals surface area contributed by atoms with Crippen molar-refractivity contribution in [2.45, 2.75) is 18.7 Å². The number of aromatic nitrogens is 1. The van der Waals surface area contributed by atoms with Crippen molar-refractivity contribution in [2.75, 3.05) is 20.1 Å². The van der Waals surface area contributed by atoms with Crippen LogP contribution in [0, 0.1) is 12.8 Å². The zero-order valence-electron chi connectivity index (χ0n) is 11.1. The van der Waals surface area contributed by atoms with Crippen LogP contribution in [-0.2, 0) is 10.0 Å². The van der Waals surface area contributed by atoms with E-state index in [1.807, 2.05) is 14.0 Å². The van der Waals surface area contributed by atoms with E-state index in [1.54, 1.807) is 13.0 Å². The third-order valence-electron chi connectivity index (χ3n) is 2.42. The Morgan fingerprint density at radius 3 is 2.53 bits per heavy atom. The van der Waals surface area contributed by atoms with Crippen LogP contribution < -0.4 is 10.0 Å². The molecule has 8 heteroatoms. The summed E-state index contributed by atoms with van der Waals surface area (Å²) in [7, 11) is -1.77. The lowest BCUT2D eigenvalue weighted by molar-refractivity contribution is 0.519. The van der Waals surface area contributed by atoms with E-state index in [0.717, 1.165) is 6.54 Å². The minimum absolute atomic E-state index is 0. The van der Waals surface area contributed by atoms with Gasteiger partial charge in [-0.05, 0) is 38.6 Å². The molecule has 0 spiro atoms. The van der Waals surface area contributed by atoms with Gasteiger partial charge < -0.3 is 5.32 Å². The van der Waals surface area contributed by atoms with E-state index >= 15 is 0 Å². The number of halogens is 2. The van der Waals surface area contributed by atoms with Gasteiger partial charge >= 0.3 is 0 Å². The second kappa shape index (κ2) is 8.01. The van der Waals surface area contributed by atoms with E-state index in [0.29, 0.717) is 12.2 Å². The van der Waals surface area contributed by atoms with E-state index in [4.69, 9.17) is 11.6 Å². The van der Waals surface area contributed by atoms with Crippen molar-refractivity contribution in [3.05, 3.63) is 23.0 Å². The van der Waals surface area contributed by atoms with E-state index in [9.17, 15) is 8.42 Å². The lowest BCUT2D eigenvalue weighted by Gasteiger charge is -2.13. The largest absolute Gasteiger partial charge is 0.319 e. The van der Waals surface area contributed by atoms with Crippen LogP contribution >= 0.6 is 24.0 Å². The fourth-order valence-corrected chi connectivity index (χ4v) is 3.14. The highest BCUT2D eigenvalue weighted by molar-refractivity contribution is 7.89. The first-order valence-corrected chi connectivity index (χ1v) is 7.50. The molecule has 0 aliphatic carbocycles. The summed E-state index contributed by atoms with van der Waals surface area (Å²) in [6.45, 7) is 4.80. The SMILES string of the molecule is CNCC(C)CNS(=O)(=O)c1ccc(C)nc1Cl.Cl. The molecule has 0 amide bonds. The minimum atomic E-state index is -3.59. The molecule has 0 aliphatic heterocycles. The summed E-state index contributed by atoms with van der Waals surface area (Å²) >= 11 is 5.85. The van der Waals surface area contributed by atoms with Crippen LogP contribution in [0.2, 0.25) is 5.15 Å². The molecule has 0 aromatic carbocycles. The number of hydrogen-bond donors (Lipinski definition) is 2. The Balaban J connectivity index is 0.00000324. The topological polar surface area (TPSA) is 71.1 Å². The van der Waals surface area contributed by atoms with E-state index in [1.165, 1.54) is 6.07 Å². The van der Waals surface area contributed by atoms with E-state index < -0.39 is 10.0 Å². The van der Waals surface area contributed by atoms with Crippen molar-refractivity contribution in [2.24, 2.45) is 5.92 Å². The maximum absolute atomic E-state index is 12.0. The number of nitrogens with one attached hydrogen (secondary N) is 2. The summed E-state index contributed by atoms with van der Waals surface area (Å²) in [5.74, 6) is 0.196. The second-order valence-electron chi connectivity index (χ2n) is 4.26. The standard InChI is InChI=1S/C11H18ClN3O2S.ClH/c1-8(6-13-3)7-14-18(16,17)10-5-4-9(2)15-11(10)12;/h4-5,8,13-14H,6-7H2,1-3H3;1H. The summed E-state index contributed by atoms with van der Waals surface area (Å²) < 4.78 is 26.6. The molecule has 110 valence electrons. The normalized spacial score (nSPS) is 12.8. The monoisotopic (exact) mass is 327 g/mol. The number of pyridine rings is 1. The highest BCUT2D eigenvalue weighted by Gasteiger charge is 2.19. The first kappa shape index (κ1) is 18.6. The van der Waals surface area contributed by atoms with E-state index in [-0.39, 0.29) is 28.4 Å². The van der Waals surface area contributed by atoms with Gasteiger partial charge in [-0.3, -0.25) is 0 Å². The molecule has 0 saturated carbocycles. The molecule has 1 atom stereocenters. The third kappa shape index (κ3) is 5.62. The number of sulfonamides is 1. The molecule has 0 aliphatic rings. The lowest BCUT2D eigenvalue weighted by Crippen LogP contribution is -2.32. The van der Waals surface area contributed by atoms with Gasteiger partial charge in [-0.25, -0.2) is 18.1 Å². The summed E-state index contributed by atoms with van der Waals surface area (Å²) in [4.78, 5) is 3.96. The molecule has 1 heterocycles. The zero-order valence-corrected chi connectivity index (χ0v) is 13.5. The fourth-order valence-electron chi connectivity index (χ4n) is 1.46. The van der Waals surface area contributed by atoms with Crippen LogP contribution in [0.3, 0.4) is 0 Å². The van der Waals surface area contributed by atoms with Crippen LogP contribution in [-0.4, -0.2) is 33.5 Å². The van der Waals surface area contributed by atoms with Crippen LogP contribution in [0.4, 0.5) is 0 Å². The van der Waals surface area contributed by atoms with Gasteiger partial charge in [-0.15, -0.1) is 12.4 Å². The average Bonchev–Trinajstić information content (AvgIpc) is 2.26. The molecule has 1 rings (SSSR count). The molecule has 0 bridgehead atoms. The van der Waals surface area contributed by atoms with Crippen molar-refractivity contribution >= 4 is 34.0 Å². The minimum Gasteiger partial charge on any atom is -0.319 e. The molecule has 1 aromatic rings. The molecule has 0 fully saturated rings. The molecule has 2 N–H and O–H groups in total. The zero-order chi connectivity index (χ0) is 13.8. The molecule has 0 saturated heterocycles. The first-order valence-electron chi connectivity index (χ1n) is 5.64. The molecule has 5 nitrogen and oxygen atoms in total. The van der Waals surface area contributed by atoms with Gasteiger partial charge in [0.15, 0.2) is 0 Å². The smallest absolute Gasteiger partial charge is 0.243 e. The highest BCUT2D eigenvalue weighted by atomic mass is 35.5. The maximum atomic E-state index is 12.0. The van der Waals surface area contributed by atoms with Crippen LogP contribution in [0.5, 0.6) is 0 Å². The Bertz CT molecular complexity index is 509. The third-order valence-corrected chi connectivity index (χ3v) is 4.27. The van der Waals surface area contributed by atoms with Gasteiger partial charge in [-0.2, -0.15) is 0 Å². The summed E-state index contributed by atoms with van der Waals surface area (Å²) in [6.07, 6.45) is 0. The molecule has 0 radical (unpaired) electrons. The molecular formula is C11H19Cl2N3O2S. The van der Waals surface area contributed by atoms with Gasteiger partial charge in [0.25, 0.3) is 0 Å². The molecule has 1 unspecified atom stereocenters. The predicted molar refractivity (Wildman–Crippen MR) is 79.5 cm³/mol. The molecule has 19 heavy (non-hydrogen) atoms. The van der Waals surface area contributed by atoms with E-state index in [2.05, 4.69) is 15.0 Å². The Morgan fingerprint density at radius 1 is 1.37 bits per heavy atom. The molecular weight excluding hydrogens is 309 g/mol. The van der Waals surface area contributed by atoms with Gasteiger partial charge in [0, 0.05) is 12.2 Å². The maximum Gasteiger partial charge on any atom is 0.243 e. The second-order valence-corrected chi connectivity index (χ2v) is 6.35.